The van der Waals surface area contributed by atoms with Crippen LogP contribution >= 0.6 is 0 Å². The molecule has 2 nitrogen and oxygen atoms in total. The standard InChI is InChI=1S/C13H15FN2/c14-11-6-7-13-15-12(9-16(13)8-11)10-4-2-1-3-5-10/h6-10H,1-5H2. The van der Waals surface area contributed by atoms with Crippen LogP contribution < -0.4 is 0 Å². The summed E-state index contributed by atoms with van der Waals surface area (Å²) in [5.74, 6) is 0.372. The molecule has 1 fully saturated rings. The maximum Gasteiger partial charge on any atom is 0.139 e. The number of hydrogen-bond donors (Lipinski definition) is 0. The smallest absolute Gasteiger partial charge is 0.139 e. The fourth-order valence-electron chi connectivity index (χ4n) is 2.58. The van der Waals surface area contributed by atoms with Crippen LogP contribution in [0.15, 0.2) is 24.5 Å². The molecule has 0 amide bonds. The molecule has 16 heavy (non-hydrogen) atoms. The van der Waals surface area contributed by atoms with Gasteiger partial charge in [-0.2, -0.15) is 0 Å². The zero-order chi connectivity index (χ0) is 11.0. The van der Waals surface area contributed by atoms with Crippen molar-refractivity contribution in [3.8, 4) is 0 Å². The van der Waals surface area contributed by atoms with Gasteiger partial charge in [0, 0.05) is 18.3 Å². The Balaban J connectivity index is 1.97. The summed E-state index contributed by atoms with van der Waals surface area (Å²) in [7, 11) is 0. The minimum atomic E-state index is -0.208. The number of imidazole rings is 1. The Morgan fingerprint density at radius 2 is 1.94 bits per heavy atom. The van der Waals surface area contributed by atoms with Gasteiger partial charge in [-0.15, -0.1) is 0 Å². The van der Waals surface area contributed by atoms with Gasteiger partial charge in [-0.05, 0) is 25.0 Å². The van der Waals surface area contributed by atoms with Gasteiger partial charge in [-0.25, -0.2) is 9.37 Å². The Morgan fingerprint density at radius 3 is 2.75 bits per heavy atom. The molecule has 0 bridgehead atoms. The Bertz CT molecular complexity index is 498. The summed E-state index contributed by atoms with van der Waals surface area (Å²) in [6, 6.07) is 3.20. The number of halogens is 1. The SMILES string of the molecule is Fc1ccc2nc(C3CCCCC3)cn2c1. The molecule has 1 aliphatic rings. The van der Waals surface area contributed by atoms with Crippen LogP contribution in [-0.2, 0) is 0 Å². The number of aromatic nitrogens is 2. The summed E-state index contributed by atoms with van der Waals surface area (Å²) >= 11 is 0. The predicted molar refractivity (Wildman–Crippen MR) is 61.0 cm³/mol. The highest BCUT2D eigenvalue weighted by Gasteiger charge is 2.18. The molecule has 0 unspecified atom stereocenters. The molecule has 84 valence electrons. The average molecular weight is 218 g/mol. The molecular formula is C13H15FN2. The Kier molecular flexibility index (Phi) is 2.39. The van der Waals surface area contributed by atoms with Gasteiger partial charge in [0.05, 0.1) is 5.69 Å². The minimum absolute atomic E-state index is 0.208. The van der Waals surface area contributed by atoms with Gasteiger partial charge in [0.15, 0.2) is 0 Å². The van der Waals surface area contributed by atoms with E-state index >= 15 is 0 Å². The molecule has 2 aromatic heterocycles. The first-order valence-electron chi connectivity index (χ1n) is 5.97. The van der Waals surface area contributed by atoms with Crippen molar-refractivity contribution < 1.29 is 4.39 Å². The third-order valence-corrected chi connectivity index (χ3v) is 3.46. The first-order valence-corrected chi connectivity index (χ1v) is 5.97. The van der Waals surface area contributed by atoms with Gasteiger partial charge >= 0.3 is 0 Å². The number of rotatable bonds is 1. The highest BCUT2D eigenvalue weighted by molar-refractivity contribution is 5.40. The van der Waals surface area contributed by atoms with Gasteiger partial charge in [0.25, 0.3) is 0 Å². The molecule has 0 saturated heterocycles. The van der Waals surface area contributed by atoms with Crippen molar-refractivity contribution in [2.75, 3.05) is 0 Å². The van der Waals surface area contributed by atoms with Crippen molar-refractivity contribution in [2.24, 2.45) is 0 Å². The molecule has 0 spiro atoms. The molecule has 1 aliphatic carbocycles. The second-order valence-electron chi connectivity index (χ2n) is 4.61. The first-order chi connectivity index (χ1) is 7.83. The molecule has 3 heteroatoms. The zero-order valence-corrected chi connectivity index (χ0v) is 9.19. The molecule has 2 heterocycles. The summed E-state index contributed by atoms with van der Waals surface area (Å²) in [4.78, 5) is 4.57. The van der Waals surface area contributed by atoms with Crippen LogP contribution in [0.25, 0.3) is 5.65 Å². The van der Waals surface area contributed by atoms with Crippen LogP contribution in [0.2, 0.25) is 0 Å². The summed E-state index contributed by atoms with van der Waals surface area (Å²) in [6.45, 7) is 0. The van der Waals surface area contributed by atoms with Crippen molar-refractivity contribution >= 4 is 5.65 Å². The fourth-order valence-corrected chi connectivity index (χ4v) is 2.58. The Labute approximate surface area is 94.1 Å². The molecule has 0 aliphatic heterocycles. The Morgan fingerprint density at radius 1 is 1.12 bits per heavy atom. The molecule has 3 rings (SSSR count). The topological polar surface area (TPSA) is 17.3 Å². The number of hydrogen-bond acceptors (Lipinski definition) is 1. The van der Waals surface area contributed by atoms with E-state index in [2.05, 4.69) is 4.98 Å². The third-order valence-electron chi connectivity index (χ3n) is 3.46. The number of nitrogens with zero attached hydrogens (tertiary/aromatic N) is 2. The van der Waals surface area contributed by atoms with Crippen LogP contribution in [0, 0.1) is 5.82 Å². The normalized spacial score (nSPS) is 18.1. The third kappa shape index (κ3) is 1.70. The summed E-state index contributed by atoms with van der Waals surface area (Å²) in [5, 5.41) is 0. The van der Waals surface area contributed by atoms with E-state index in [1.54, 1.807) is 10.5 Å². The lowest BCUT2D eigenvalue weighted by Crippen LogP contribution is -2.04. The van der Waals surface area contributed by atoms with E-state index < -0.39 is 0 Å². The van der Waals surface area contributed by atoms with Gasteiger partial charge in [-0.1, -0.05) is 19.3 Å². The van der Waals surface area contributed by atoms with Crippen molar-refractivity contribution in [3.63, 3.8) is 0 Å². The monoisotopic (exact) mass is 218 g/mol. The molecular weight excluding hydrogens is 203 g/mol. The van der Waals surface area contributed by atoms with Gasteiger partial charge in [-0.3, -0.25) is 0 Å². The molecule has 0 atom stereocenters. The van der Waals surface area contributed by atoms with Crippen LogP contribution in [0.4, 0.5) is 4.39 Å². The highest BCUT2D eigenvalue weighted by Crippen LogP contribution is 2.31. The van der Waals surface area contributed by atoms with Crippen LogP contribution in [-0.4, -0.2) is 9.38 Å². The van der Waals surface area contributed by atoms with Crippen LogP contribution in [0.3, 0.4) is 0 Å². The molecule has 0 N–H and O–H groups in total. The second kappa shape index (κ2) is 3.89. The van der Waals surface area contributed by atoms with Gasteiger partial charge < -0.3 is 4.40 Å². The number of fused-ring (bicyclic) bond motifs is 1. The average Bonchev–Trinajstić information content (AvgIpc) is 2.73. The summed E-state index contributed by atoms with van der Waals surface area (Å²) < 4.78 is 14.8. The fraction of sp³-hybridized carbons (Fsp3) is 0.462. The van der Waals surface area contributed by atoms with Crippen molar-refractivity contribution in [2.45, 2.75) is 38.0 Å². The molecule has 0 aromatic carbocycles. The van der Waals surface area contributed by atoms with Crippen LogP contribution in [0.5, 0.6) is 0 Å². The lowest BCUT2D eigenvalue weighted by molar-refractivity contribution is 0.438. The van der Waals surface area contributed by atoms with E-state index in [0.717, 1.165) is 11.3 Å². The zero-order valence-electron chi connectivity index (χ0n) is 9.19. The van der Waals surface area contributed by atoms with E-state index in [4.69, 9.17) is 0 Å². The van der Waals surface area contributed by atoms with E-state index in [1.165, 1.54) is 44.4 Å². The minimum Gasteiger partial charge on any atom is -0.304 e. The van der Waals surface area contributed by atoms with Crippen LogP contribution in [0.1, 0.15) is 43.7 Å². The highest BCUT2D eigenvalue weighted by atomic mass is 19.1. The molecule has 1 saturated carbocycles. The predicted octanol–water partition coefficient (Wildman–Crippen LogP) is 3.52. The Hall–Kier alpha value is -1.38. The van der Waals surface area contributed by atoms with E-state index in [9.17, 15) is 4.39 Å². The molecule has 0 radical (unpaired) electrons. The van der Waals surface area contributed by atoms with E-state index in [0.29, 0.717) is 5.92 Å². The second-order valence-corrected chi connectivity index (χ2v) is 4.61. The first kappa shape index (κ1) is 9.82. The maximum atomic E-state index is 13.0. The van der Waals surface area contributed by atoms with E-state index in [1.807, 2.05) is 6.20 Å². The summed E-state index contributed by atoms with van der Waals surface area (Å²) in [6.07, 6.45) is 9.88. The lowest BCUT2D eigenvalue weighted by Gasteiger charge is -2.19. The summed E-state index contributed by atoms with van der Waals surface area (Å²) in [5.41, 5.74) is 1.98. The van der Waals surface area contributed by atoms with Gasteiger partial charge in [0.1, 0.15) is 11.5 Å². The van der Waals surface area contributed by atoms with E-state index in [-0.39, 0.29) is 5.82 Å². The van der Waals surface area contributed by atoms with Crippen molar-refractivity contribution in [1.82, 2.24) is 9.38 Å². The molecule has 2 aromatic rings. The maximum absolute atomic E-state index is 13.0. The van der Waals surface area contributed by atoms with Gasteiger partial charge in [0.2, 0.25) is 0 Å². The number of pyridine rings is 1. The van der Waals surface area contributed by atoms with Crippen molar-refractivity contribution in [1.29, 1.82) is 0 Å². The van der Waals surface area contributed by atoms with Crippen molar-refractivity contribution in [3.05, 3.63) is 36.0 Å². The largest absolute Gasteiger partial charge is 0.304 e. The quantitative estimate of drug-likeness (QED) is 0.715. The lowest BCUT2D eigenvalue weighted by atomic mass is 9.87.